The Bertz CT molecular complexity index is 421. The van der Waals surface area contributed by atoms with E-state index in [4.69, 9.17) is 23.2 Å². The summed E-state index contributed by atoms with van der Waals surface area (Å²) in [7, 11) is 0. The van der Waals surface area contributed by atoms with Gasteiger partial charge in [0.25, 0.3) is 0 Å². The van der Waals surface area contributed by atoms with Crippen LogP contribution < -0.4 is 4.90 Å². The molecule has 0 spiro atoms. The first kappa shape index (κ1) is 14.1. The number of amides is 1. The highest BCUT2D eigenvalue weighted by Crippen LogP contribution is 2.29. The first-order chi connectivity index (χ1) is 7.84. The number of aryl methyl sites for hydroxylation is 1. The molecule has 1 unspecified atom stereocenters. The van der Waals surface area contributed by atoms with Crippen LogP contribution in [0.15, 0.2) is 18.2 Å². The monoisotopic (exact) mass is 275 g/mol. The fraction of sp³-hybridized carbons (Fsp3) is 0.417. The minimum absolute atomic E-state index is 0.00569. The lowest BCUT2D eigenvalue weighted by atomic mass is 10.1. The number of halogens is 2. The largest absolute Gasteiger partial charge is 0.465 e. The number of benzene rings is 1. The van der Waals surface area contributed by atoms with Crippen LogP contribution in [-0.4, -0.2) is 16.7 Å². The van der Waals surface area contributed by atoms with Gasteiger partial charge in [0, 0.05) is 5.02 Å². The zero-order valence-electron chi connectivity index (χ0n) is 9.95. The highest BCUT2D eigenvalue weighted by Gasteiger charge is 2.26. The number of hydrogen-bond acceptors (Lipinski definition) is 1. The molecule has 3 nitrogen and oxygen atoms in total. The summed E-state index contributed by atoms with van der Waals surface area (Å²) in [6.45, 7) is 5.56. The van der Waals surface area contributed by atoms with Crippen molar-refractivity contribution in [2.24, 2.45) is 5.92 Å². The molecule has 1 amide bonds. The number of hydrogen-bond donors (Lipinski definition) is 1. The first-order valence-electron chi connectivity index (χ1n) is 5.27. The van der Waals surface area contributed by atoms with Crippen molar-refractivity contribution in [2.75, 3.05) is 4.90 Å². The number of alkyl halides is 1. The number of nitrogens with zero attached hydrogens (tertiary/aromatic N) is 1. The van der Waals surface area contributed by atoms with Crippen LogP contribution in [-0.2, 0) is 0 Å². The molecule has 0 aliphatic rings. The Morgan fingerprint density at radius 3 is 2.47 bits per heavy atom. The molecule has 1 rings (SSSR count). The molecule has 0 fully saturated rings. The molecule has 1 N–H and O–H groups in total. The predicted octanol–water partition coefficient (Wildman–Crippen LogP) is 4.35. The Balaban J connectivity index is 3.23. The molecule has 0 saturated heterocycles. The molecule has 0 bridgehead atoms. The molecule has 0 heterocycles. The van der Waals surface area contributed by atoms with Crippen molar-refractivity contribution in [3.63, 3.8) is 0 Å². The maximum absolute atomic E-state index is 11.3. The Labute approximate surface area is 111 Å². The van der Waals surface area contributed by atoms with Crippen LogP contribution in [0.1, 0.15) is 19.4 Å². The summed E-state index contributed by atoms with van der Waals surface area (Å²) in [6, 6.07) is 5.11. The van der Waals surface area contributed by atoms with E-state index in [1.807, 2.05) is 20.8 Å². The van der Waals surface area contributed by atoms with Crippen LogP contribution >= 0.6 is 23.2 Å². The summed E-state index contributed by atoms with van der Waals surface area (Å²) in [4.78, 5) is 12.5. The predicted molar refractivity (Wildman–Crippen MR) is 71.2 cm³/mol. The van der Waals surface area contributed by atoms with Crippen LogP contribution in [0.25, 0.3) is 0 Å². The van der Waals surface area contributed by atoms with Gasteiger partial charge in [-0.25, -0.2) is 4.79 Å². The second-order valence-corrected chi connectivity index (χ2v) is 5.08. The zero-order chi connectivity index (χ0) is 13.2. The van der Waals surface area contributed by atoms with E-state index in [-0.39, 0.29) is 5.92 Å². The number of carbonyl (C=O) groups is 1. The van der Waals surface area contributed by atoms with Gasteiger partial charge in [-0.3, -0.25) is 4.90 Å². The topological polar surface area (TPSA) is 40.5 Å². The molecule has 94 valence electrons. The van der Waals surface area contributed by atoms with Crippen molar-refractivity contribution in [1.82, 2.24) is 0 Å². The van der Waals surface area contributed by atoms with E-state index in [1.54, 1.807) is 18.2 Å². The Kier molecular flexibility index (Phi) is 4.66. The lowest BCUT2D eigenvalue weighted by Crippen LogP contribution is -2.39. The minimum Gasteiger partial charge on any atom is -0.465 e. The quantitative estimate of drug-likeness (QED) is 0.658. The lowest BCUT2D eigenvalue weighted by molar-refractivity contribution is 0.199. The summed E-state index contributed by atoms with van der Waals surface area (Å²) in [5, 5.41) is 9.75. The maximum Gasteiger partial charge on any atom is 0.413 e. The summed E-state index contributed by atoms with van der Waals surface area (Å²) < 4.78 is 0. The average Bonchev–Trinajstić information content (AvgIpc) is 2.22. The van der Waals surface area contributed by atoms with Crippen molar-refractivity contribution in [3.8, 4) is 0 Å². The van der Waals surface area contributed by atoms with Crippen LogP contribution in [0.5, 0.6) is 0 Å². The Morgan fingerprint density at radius 1 is 1.41 bits per heavy atom. The first-order valence-corrected chi connectivity index (χ1v) is 6.08. The molecule has 17 heavy (non-hydrogen) atoms. The highest BCUT2D eigenvalue weighted by molar-refractivity contribution is 6.31. The number of rotatable bonds is 3. The molecule has 5 heteroatoms. The molecule has 0 saturated carbocycles. The number of carboxylic acid groups (broad SMARTS) is 1. The minimum atomic E-state index is -1.08. The highest BCUT2D eigenvalue weighted by atomic mass is 35.5. The lowest BCUT2D eigenvalue weighted by Gasteiger charge is -2.28. The standard InChI is InChI=1S/C12H15Cl2NO2/c1-7(2)11(14)15(12(16)17)10-6-9(13)5-4-8(10)3/h4-7,11H,1-3H3,(H,16,17). The fourth-order valence-corrected chi connectivity index (χ4v) is 1.84. The fourth-order valence-electron chi connectivity index (χ4n) is 1.48. The van der Waals surface area contributed by atoms with E-state index >= 15 is 0 Å². The average molecular weight is 276 g/mol. The van der Waals surface area contributed by atoms with Gasteiger partial charge in [-0.05, 0) is 30.5 Å². The maximum atomic E-state index is 11.3. The van der Waals surface area contributed by atoms with Crippen molar-refractivity contribution < 1.29 is 9.90 Å². The third-order valence-electron chi connectivity index (χ3n) is 2.43. The normalized spacial score (nSPS) is 12.6. The van der Waals surface area contributed by atoms with E-state index in [0.717, 1.165) is 10.5 Å². The van der Waals surface area contributed by atoms with E-state index in [9.17, 15) is 9.90 Å². The van der Waals surface area contributed by atoms with Gasteiger partial charge >= 0.3 is 6.09 Å². The molecular weight excluding hydrogens is 261 g/mol. The van der Waals surface area contributed by atoms with Gasteiger partial charge in [-0.1, -0.05) is 43.1 Å². The second kappa shape index (κ2) is 5.61. The molecule has 1 atom stereocenters. The van der Waals surface area contributed by atoms with Gasteiger partial charge < -0.3 is 5.11 Å². The summed E-state index contributed by atoms with van der Waals surface area (Å²) in [5.41, 5.74) is 0.728. The molecule has 0 aliphatic carbocycles. The van der Waals surface area contributed by atoms with Gasteiger partial charge in [0.2, 0.25) is 0 Å². The Hall–Kier alpha value is -0.930. The van der Waals surface area contributed by atoms with E-state index < -0.39 is 11.6 Å². The SMILES string of the molecule is Cc1ccc(Cl)cc1N(C(=O)O)C(Cl)C(C)C. The Morgan fingerprint density at radius 2 is 2.00 bits per heavy atom. The molecule has 0 radical (unpaired) electrons. The third-order valence-corrected chi connectivity index (χ3v) is 3.37. The second-order valence-electron chi connectivity index (χ2n) is 4.20. The van der Waals surface area contributed by atoms with Crippen molar-refractivity contribution in [1.29, 1.82) is 0 Å². The molecular formula is C12H15Cl2NO2. The van der Waals surface area contributed by atoms with Gasteiger partial charge in [0.05, 0.1) is 5.69 Å². The summed E-state index contributed by atoms with van der Waals surface area (Å²) in [5.74, 6) is 0.00569. The van der Waals surface area contributed by atoms with Crippen LogP contribution in [0.3, 0.4) is 0 Å². The van der Waals surface area contributed by atoms with Gasteiger partial charge in [0.1, 0.15) is 5.50 Å². The van der Waals surface area contributed by atoms with Gasteiger partial charge in [0.15, 0.2) is 0 Å². The van der Waals surface area contributed by atoms with Crippen LogP contribution in [0.2, 0.25) is 5.02 Å². The molecule has 0 aromatic heterocycles. The van der Waals surface area contributed by atoms with Gasteiger partial charge in [-0.2, -0.15) is 0 Å². The van der Waals surface area contributed by atoms with Gasteiger partial charge in [-0.15, -0.1) is 0 Å². The van der Waals surface area contributed by atoms with Crippen LogP contribution in [0, 0.1) is 12.8 Å². The van der Waals surface area contributed by atoms with E-state index in [2.05, 4.69) is 0 Å². The summed E-state index contributed by atoms with van der Waals surface area (Å²) in [6.07, 6.45) is -1.08. The van der Waals surface area contributed by atoms with Crippen LogP contribution in [0.4, 0.5) is 10.5 Å². The molecule has 1 aromatic carbocycles. The van der Waals surface area contributed by atoms with E-state index in [1.165, 1.54) is 0 Å². The van der Waals surface area contributed by atoms with Crippen molar-refractivity contribution in [2.45, 2.75) is 26.3 Å². The smallest absolute Gasteiger partial charge is 0.413 e. The van der Waals surface area contributed by atoms with Crippen molar-refractivity contribution in [3.05, 3.63) is 28.8 Å². The third kappa shape index (κ3) is 3.27. The van der Waals surface area contributed by atoms with E-state index in [0.29, 0.717) is 10.7 Å². The number of anilines is 1. The molecule has 1 aromatic rings. The zero-order valence-corrected chi connectivity index (χ0v) is 11.5. The van der Waals surface area contributed by atoms with Crippen molar-refractivity contribution >= 4 is 35.0 Å². The molecule has 0 aliphatic heterocycles. The summed E-state index contributed by atoms with van der Waals surface area (Å²) >= 11 is 12.0.